The van der Waals surface area contributed by atoms with Gasteiger partial charge in [0.1, 0.15) is 5.76 Å². The lowest BCUT2D eigenvalue weighted by molar-refractivity contribution is -0.183. The lowest BCUT2D eigenvalue weighted by Crippen LogP contribution is -2.40. The highest BCUT2D eigenvalue weighted by Crippen LogP contribution is 2.28. The van der Waals surface area contributed by atoms with Crippen LogP contribution < -0.4 is 0 Å². The van der Waals surface area contributed by atoms with E-state index >= 15 is 0 Å². The molecule has 7 nitrogen and oxygen atoms in total. The second kappa shape index (κ2) is 7.93. The number of amides is 1. The fourth-order valence-electron chi connectivity index (χ4n) is 1.33. The Morgan fingerprint density at radius 3 is 1.92 bits per heavy atom. The number of rotatable bonds is 6. The first kappa shape index (κ1) is 23.0. The van der Waals surface area contributed by atoms with Crippen molar-refractivity contribution in [2.24, 2.45) is 0 Å². The summed E-state index contributed by atoms with van der Waals surface area (Å²) in [6, 6.07) is 0. The first-order valence-corrected chi connectivity index (χ1v) is 7.65. The van der Waals surface area contributed by atoms with Gasteiger partial charge in [0.05, 0.1) is 18.7 Å². The van der Waals surface area contributed by atoms with Gasteiger partial charge in [0.2, 0.25) is 0 Å². The Balaban J connectivity index is 5.78. The minimum absolute atomic E-state index is 0.0562. The number of carbonyl (C=O) groups excluding carboxylic acids is 2. The van der Waals surface area contributed by atoms with Gasteiger partial charge in [-0.15, -0.1) is 0 Å². The fraction of sp³-hybridized carbons (Fsp3) is 0.636. The van der Waals surface area contributed by atoms with Crippen LogP contribution in [0.15, 0.2) is 11.3 Å². The lowest BCUT2D eigenvalue weighted by atomic mass is 10.2. The maximum Gasteiger partial charge on any atom is 0.534 e. The van der Waals surface area contributed by atoms with Gasteiger partial charge in [0.25, 0.3) is 0 Å². The molecular weight excluding hydrogens is 388 g/mol. The Morgan fingerprint density at radius 1 is 1.08 bits per heavy atom. The highest BCUT2D eigenvalue weighted by atomic mass is 32.2. The molecule has 0 atom stereocenters. The zero-order chi connectivity index (χ0) is 20.2. The van der Waals surface area contributed by atoms with Crippen molar-refractivity contribution in [1.29, 1.82) is 0 Å². The van der Waals surface area contributed by atoms with Crippen LogP contribution in [0.2, 0.25) is 0 Å². The molecule has 0 radical (unpaired) electrons. The normalized spacial score (nSPS) is 13.8. The highest BCUT2D eigenvalue weighted by Gasteiger charge is 2.49. The molecule has 0 rings (SSSR count). The Morgan fingerprint density at radius 2 is 1.56 bits per heavy atom. The van der Waals surface area contributed by atoms with E-state index in [1.807, 2.05) is 0 Å². The predicted molar refractivity (Wildman–Crippen MR) is 69.1 cm³/mol. The molecule has 0 saturated heterocycles. The largest absolute Gasteiger partial charge is 0.534 e. The van der Waals surface area contributed by atoms with Gasteiger partial charge in [0.15, 0.2) is 0 Å². The number of esters is 1. The molecule has 0 bridgehead atoms. The summed E-state index contributed by atoms with van der Waals surface area (Å²) in [5, 5.41) is 0. The number of allylic oxidation sites excluding steroid dienone is 1. The van der Waals surface area contributed by atoms with Crippen LogP contribution in [0.4, 0.5) is 26.3 Å². The molecule has 0 saturated carbocycles. The van der Waals surface area contributed by atoms with Crippen LogP contribution in [0, 0.1) is 0 Å². The second-order valence-corrected chi connectivity index (χ2v) is 5.94. The average molecular weight is 401 g/mol. The number of hydrogen-bond donors (Lipinski definition) is 0. The number of alkyl halides is 6. The summed E-state index contributed by atoms with van der Waals surface area (Å²) in [5.41, 5.74) is -6.84. The van der Waals surface area contributed by atoms with Crippen LogP contribution in [-0.2, 0) is 28.6 Å². The van der Waals surface area contributed by atoms with E-state index in [1.165, 1.54) is 6.92 Å². The number of ether oxygens (including phenoxy) is 1. The molecule has 1 amide bonds. The van der Waals surface area contributed by atoms with Crippen molar-refractivity contribution in [3.8, 4) is 0 Å². The van der Waals surface area contributed by atoms with E-state index in [0.29, 0.717) is 14.0 Å². The SMILES string of the molecule is CCOC(=O)/C(CN(C)C(=O)C(F)(F)F)=C(/C)OS(=O)(=O)C(F)(F)F. The van der Waals surface area contributed by atoms with Gasteiger partial charge in [-0.1, -0.05) is 0 Å². The van der Waals surface area contributed by atoms with E-state index in [1.54, 1.807) is 0 Å². The first-order chi connectivity index (χ1) is 11.0. The molecule has 0 N–H and O–H groups in total. The Bertz CT molecular complexity index is 651. The molecule has 0 aromatic carbocycles. The van der Waals surface area contributed by atoms with Crippen LogP contribution in [0.1, 0.15) is 13.8 Å². The molecule has 0 aromatic rings. The third kappa shape index (κ3) is 6.43. The zero-order valence-corrected chi connectivity index (χ0v) is 13.8. The van der Waals surface area contributed by atoms with Crippen molar-refractivity contribution in [3.05, 3.63) is 11.3 Å². The second-order valence-electron chi connectivity index (χ2n) is 4.40. The topological polar surface area (TPSA) is 90.0 Å². The van der Waals surface area contributed by atoms with E-state index in [2.05, 4.69) is 8.92 Å². The number of halogens is 6. The number of likely N-dealkylation sites (N-methyl/N-ethyl adjacent to an activating group) is 1. The Labute approximate surface area is 138 Å². The van der Waals surface area contributed by atoms with E-state index < -0.39 is 51.6 Å². The third-order valence-corrected chi connectivity index (χ3v) is 3.49. The highest BCUT2D eigenvalue weighted by molar-refractivity contribution is 7.87. The molecule has 0 unspecified atom stereocenters. The van der Waals surface area contributed by atoms with Gasteiger partial charge >= 0.3 is 33.7 Å². The summed E-state index contributed by atoms with van der Waals surface area (Å²) in [4.78, 5) is 22.7. The Kier molecular flexibility index (Phi) is 7.30. The number of hydrogen-bond acceptors (Lipinski definition) is 6. The zero-order valence-electron chi connectivity index (χ0n) is 13.0. The molecule has 14 heteroatoms. The van der Waals surface area contributed by atoms with Gasteiger partial charge in [-0.3, -0.25) is 4.79 Å². The van der Waals surface area contributed by atoms with Crippen molar-refractivity contribution in [2.45, 2.75) is 25.5 Å². The molecule has 0 aromatic heterocycles. The van der Waals surface area contributed by atoms with Crippen LogP contribution in [-0.4, -0.2) is 57.1 Å². The minimum atomic E-state index is -6.17. The summed E-state index contributed by atoms with van der Waals surface area (Å²) in [7, 11) is -5.57. The number of nitrogens with zero attached hydrogens (tertiary/aromatic N) is 1. The van der Waals surface area contributed by atoms with Gasteiger partial charge in [-0.2, -0.15) is 34.8 Å². The van der Waals surface area contributed by atoms with Crippen LogP contribution in [0.25, 0.3) is 0 Å². The molecule has 0 fully saturated rings. The van der Waals surface area contributed by atoms with Gasteiger partial charge in [-0.05, 0) is 13.8 Å². The molecule has 0 aliphatic heterocycles. The maximum absolute atomic E-state index is 12.3. The van der Waals surface area contributed by atoms with Gasteiger partial charge in [-0.25, -0.2) is 4.79 Å². The quantitative estimate of drug-likeness (QED) is 0.168. The first-order valence-electron chi connectivity index (χ1n) is 6.24. The standard InChI is InChI=1S/C11H13F6NO6S/c1-4-23-8(19)7(5-18(3)9(20)10(12,13)14)6(2)24-25(21,22)11(15,16)17/h4-5H2,1-3H3/b7-6-. The van der Waals surface area contributed by atoms with Crippen LogP contribution >= 0.6 is 0 Å². The average Bonchev–Trinajstić information content (AvgIpc) is 2.40. The molecule has 25 heavy (non-hydrogen) atoms. The summed E-state index contributed by atoms with van der Waals surface area (Å²) in [6.07, 6.45) is -5.32. The van der Waals surface area contributed by atoms with Gasteiger partial charge < -0.3 is 13.8 Å². The third-order valence-electron chi connectivity index (χ3n) is 2.45. The van der Waals surface area contributed by atoms with Crippen molar-refractivity contribution in [1.82, 2.24) is 4.90 Å². The smallest absolute Gasteiger partial charge is 0.462 e. The van der Waals surface area contributed by atoms with Crippen molar-refractivity contribution in [2.75, 3.05) is 20.2 Å². The lowest BCUT2D eigenvalue weighted by Gasteiger charge is -2.21. The maximum atomic E-state index is 12.3. The van der Waals surface area contributed by atoms with Crippen molar-refractivity contribution < 1.29 is 53.3 Å². The summed E-state index contributed by atoms with van der Waals surface area (Å²) in [5.74, 6) is -5.04. The van der Waals surface area contributed by atoms with E-state index in [4.69, 9.17) is 0 Å². The molecule has 146 valence electrons. The molecule has 0 heterocycles. The van der Waals surface area contributed by atoms with E-state index in [9.17, 15) is 44.3 Å². The van der Waals surface area contributed by atoms with E-state index in [0.717, 1.165) is 0 Å². The summed E-state index contributed by atoms with van der Waals surface area (Å²) < 4.78 is 104. The fourth-order valence-corrected chi connectivity index (χ4v) is 1.85. The molecule has 0 aliphatic carbocycles. The monoisotopic (exact) mass is 401 g/mol. The van der Waals surface area contributed by atoms with Gasteiger partial charge in [0, 0.05) is 7.05 Å². The molecular formula is C11H13F6NO6S. The summed E-state index contributed by atoms with van der Waals surface area (Å²) >= 11 is 0. The summed E-state index contributed by atoms with van der Waals surface area (Å²) in [6.45, 7) is 0.360. The predicted octanol–water partition coefficient (Wildman–Crippen LogP) is 1.71. The molecule has 0 spiro atoms. The van der Waals surface area contributed by atoms with Crippen molar-refractivity contribution in [3.63, 3.8) is 0 Å². The van der Waals surface area contributed by atoms with E-state index in [-0.39, 0.29) is 11.5 Å². The van der Waals surface area contributed by atoms with Crippen LogP contribution in [0.3, 0.4) is 0 Å². The van der Waals surface area contributed by atoms with Crippen LogP contribution in [0.5, 0.6) is 0 Å². The van der Waals surface area contributed by atoms with Crippen molar-refractivity contribution >= 4 is 22.0 Å². The minimum Gasteiger partial charge on any atom is -0.462 e. The molecule has 0 aliphatic rings. The number of carbonyl (C=O) groups is 2. The Hall–Kier alpha value is -1.99.